The Bertz CT molecular complexity index is 1280. The van der Waals surface area contributed by atoms with E-state index in [0.29, 0.717) is 41.1 Å². The summed E-state index contributed by atoms with van der Waals surface area (Å²) in [4.78, 5) is 27.4. The Morgan fingerprint density at radius 3 is 2.61 bits per heavy atom. The first-order chi connectivity index (χ1) is 16.0. The maximum atomic E-state index is 12.5. The lowest BCUT2D eigenvalue weighted by atomic mass is 10.1. The quantitative estimate of drug-likeness (QED) is 0.213. The molecule has 0 aliphatic carbocycles. The number of carbonyl (C=O) groups excluding carboxylic acids is 1. The van der Waals surface area contributed by atoms with E-state index in [-0.39, 0.29) is 23.9 Å². The minimum atomic E-state index is -0.492. The first-order valence-electron chi connectivity index (χ1n) is 10.2. The summed E-state index contributed by atoms with van der Waals surface area (Å²) in [5.41, 5.74) is 1.84. The third-order valence-corrected chi connectivity index (χ3v) is 4.89. The summed E-state index contributed by atoms with van der Waals surface area (Å²) in [5, 5.41) is 13.9. The number of para-hydroxylation sites is 1. The van der Waals surface area contributed by atoms with Crippen molar-refractivity contribution in [1.82, 2.24) is 4.98 Å². The molecule has 0 fully saturated rings. The van der Waals surface area contributed by atoms with E-state index in [2.05, 4.69) is 10.3 Å². The van der Waals surface area contributed by atoms with Gasteiger partial charge in [0.05, 0.1) is 36.0 Å². The van der Waals surface area contributed by atoms with Gasteiger partial charge in [0.1, 0.15) is 17.0 Å². The summed E-state index contributed by atoms with van der Waals surface area (Å²) in [5.74, 6) is 1.55. The van der Waals surface area contributed by atoms with Gasteiger partial charge in [-0.2, -0.15) is 0 Å². The molecule has 1 N–H and O–H groups in total. The fourth-order valence-electron chi connectivity index (χ4n) is 3.23. The molecule has 9 heteroatoms. The zero-order chi connectivity index (χ0) is 23.2. The summed E-state index contributed by atoms with van der Waals surface area (Å²) in [7, 11) is 1.60. The van der Waals surface area contributed by atoms with Crippen LogP contribution < -0.4 is 14.8 Å². The highest BCUT2D eigenvalue weighted by molar-refractivity contribution is 5.95. The molecule has 0 radical (unpaired) electrons. The van der Waals surface area contributed by atoms with E-state index in [0.717, 1.165) is 5.75 Å². The van der Waals surface area contributed by atoms with Gasteiger partial charge >= 0.3 is 0 Å². The van der Waals surface area contributed by atoms with Crippen molar-refractivity contribution in [1.29, 1.82) is 0 Å². The van der Waals surface area contributed by atoms with E-state index in [1.165, 1.54) is 18.2 Å². The van der Waals surface area contributed by atoms with Gasteiger partial charge in [-0.05, 0) is 48.9 Å². The van der Waals surface area contributed by atoms with Gasteiger partial charge in [0.25, 0.3) is 5.69 Å². The van der Waals surface area contributed by atoms with Crippen LogP contribution in [-0.2, 0) is 4.79 Å². The summed E-state index contributed by atoms with van der Waals surface area (Å²) in [6.07, 6.45) is 0.802. The topological polar surface area (TPSA) is 117 Å². The molecule has 0 aliphatic rings. The molecule has 0 atom stereocenters. The molecule has 0 saturated carbocycles. The molecule has 4 aromatic rings. The van der Waals surface area contributed by atoms with Gasteiger partial charge in [-0.15, -0.1) is 0 Å². The highest BCUT2D eigenvalue weighted by atomic mass is 16.6. The van der Waals surface area contributed by atoms with Crippen LogP contribution in [0.15, 0.2) is 71.1 Å². The normalized spacial score (nSPS) is 10.7. The molecule has 1 aromatic heterocycles. The number of benzene rings is 3. The van der Waals surface area contributed by atoms with E-state index in [1.54, 1.807) is 31.4 Å². The highest BCUT2D eigenvalue weighted by Gasteiger charge is 2.16. The van der Waals surface area contributed by atoms with E-state index in [4.69, 9.17) is 13.9 Å². The van der Waals surface area contributed by atoms with Crippen molar-refractivity contribution in [3.8, 4) is 23.0 Å². The lowest BCUT2D eigenvalue weighted by Crippen LogP contribution is -2.13. The lowest BCUT2D eigenvalue weighted by Gasteiger charge is -2.10. The van der Waals surface area contributed by atoms with Crippen LogP contribution in [0.2, 0.25) is 0 Å². The number of nitrogens with zero attached hydrogens (tertiary/aromatic N) is 2. The van der Waals surface area contributed by atoms with Gasteiger partial charge in [0.15, 0.2) is 5.58 Å². The Morgan fingerprint density at radius 1 is 1.09 bits per heavy atom. The molecule has 0 saturated heterocycles. The Labute approximate surface area is 189 Å². The SMILES string of the molecule is COc1ccc(OCCCC(=O)Nc2ccccc2-c2nc3ccc([N+](=O)[O-])cc3o2)cc1. The summed E-state index contributed by atoms with van der Waals surface area (Å²) >= 11 is 0. The number of non-ortho nitro benzene ring substituents is 1. The fraction of sp³-hybridized carbons (Fsp3) is 0.167. The maximum Gasteiger partial charge on any atom is 0.273 e. The van der Waals surface area contributed by atoms with Crippen LogP contribution in [0.1, 0.15) is 12.8 Å². The van der Waals surface area contributed by atoms with Crippen molar-refractivity contribution >= 4 is 28.4 Å². The third kappa shape index (κ3) is 5.27. The molecule has 168 valence electrons. The van der Waals surface area contributed by atoms with Crippen molar-refractivity contribution in [3.05, 3.63) is 76.8 Å². The number of hydrogen-bond acceptors (Lipinski definition) is 7. The van der Waals surface area contributed by atoms with Crippen molar-refractivity contribution in [2.45, 2.75) is 12.8 Å². The van der Waals surface area contributed by atoms with Crippen LogP contribution in [0.4, 0.5) is 11.4 Å². The minimum Gasteiger partial charge on any atom is -0.497 e. The number of carbonyl (C=O) groups is 1. The third-order valence-electron chi connectivity index (χ3n) is 4.89. The van der Waals surface area contributed by atoms with Gasteiger partial charge in [0, 0.05) is 12.5 Å². The van der Waals surface area contributed by atoms with Gasteiger partial charge in [-0.3, -0.25) is 14.9 Å². The first kappa shape index (κ1) is 21.8. The second kappa shape index (κ2) is 9.82. The Morgan fingerprint density at radius 2 is 1.85 bits per heavy atom. The van der Waals surface area contributed by atoms with E-state index < -0.39 is 4.92 Å². The van der Waals surface area contributed by atoms with Gasteiger partial charge in [-0.25, -0.2) is 4.98 Å². The number of nitrogens with one attached hydrogen (secondary N) is 1. The highest BCUT2D eigenvalue weighted by Crippen LogP contribution is 2.31. The van der Waals surface area contributed by atoms with Gasteiger partial charge in [-0.1, -0.05) is 12.1 Å². The van der Waals surface area contributed by atoms with E-state index in [9.17, 15) is 14.9 Å². The number of nitro benzene ring substituents is 1. The molecule has 3 aromatic carbocycles. The van der Waals surface area contributed by atoms with Crippen LogP contribution >= 0.6 is 0 Å². The molecule has 0 aliphatic heterocycles. The zero-order valence-corrected chi connectivity index (χ0v) is 17.8. The molecule has 4 rings (SSSR count). The number of fused-ring (bicyclic) bond motifs is 1. The van der Waals surface area contributed by atoms with E-state index >= 15 is 0 Å². The Balaban J connectivity index is 1.38. The van der Waals surface area contributed by atoms with Crippen LogP contribution in [0.3, 0.4) is 0 Å². The number of amides is 1. The number of nitro groups is 1. The average Bonchev–Trinajstić information content (AvgIpc) is 3.26. The molecule has 0 spiro atoms. The maximum absolute atomic E-state index is 12.5. The Hall–Kier alpha value is -4.40. The van der Waals surface area contributed by atoms with E-state index in [1.807, 2.05) is 24.3 Å². The standard InChI is InChI=1S/C24H21N3O6/c1-31-17-9-11-18(12-10-17)32-14-4-7-23(28)25-20-6-3-2-5-19(20)24-26-21-13-8-16(27(29)30)15-22(21)33-24/h2-3,5-6,8-13,15H,4,7,14H2,1H3,(H,25,28). The van der Waals surface area contributed by atoms with Crippen molar-refractivity contribution < 1.29 is 23.6 Å². The molecule has 9 nitrogen and oxygen atoms in total. The molecular formula is C24H21N3O6. The van der Waals surface area contributed by atoms with Crippen LogP contribution in [0, 0.1) is 10.1 Å². The summed E-state index contributed by atoms with van der Waals surface area (Å²) < 4.78 is 16.5. The molecule has 1 amide bonds. The number of anilines is 1. The average molecular weight is 447 g/mol. The van der Waals surface area contributed by atoms with Crippen molar-refractivity contribution in [3.63, 3.8) is 0 Å². The Kier molecular flexibility index (Phi) is 6.49. The number of ether oxygens (including phenoxy) is 2. The smallest absolute Gasteiger partial charge is 0.273 e. The predicted octanol–water partition coefficient (Wildman–Crippen LogP) is 5.21. The fourth-order valence-corrected chi connectivity index (χ4v) is 3.23. The number of oxazole rings is 1. The van der Waals surface area contributed by atoms with Crippen LogP contribution in [0.25, 0.3) is 22.6 Å². The minimum absolute atomic E-state index is 0.0800. The molecule has 1 heterocycles. The molecule has 0 unspecified atom stereocenters. The van der Waals surface area contributed by atoms with Crippen molar-refractivity contribution in [2.75, 3.05) is 19.0 Å². The number of rotatable bonds is 9. The van der Waals surface area contributed by atoms with Gasteiger partial charge in [0.2, 0.25) is 11.8 Å². The number of methoxy groups -OCH3 is 1. The van der Waals surface area contributed by atoms with Crippen molar-refractivity contribution in [2.24, 2.45) is 0 Å². The molecule has 33 heavy (non-hydrogen) atoms. The first-order valence-corrected chi connectivity index (χ1v) is 10.2. The summed E-state index contributed by atoms with van der Waals surface area (Å²) in [6.45, 7) is 0.394. The predicted molar refractivity (Wildman–Crippen MR) is 122 cm³/mol. The monoisotopic (exact) mass is 447 g/mol. The van der Waals surface area contributed by atoms with Crippen LogP contribution in [0.5, 0.6) is 11.5 Å². The van der Waals surface area contributed by atoms with Crippen LogP contribution in [-0.4, -0.2) is 29.5 Å². The largest absolute Gasteiger partial charge is 0.497 e. The second-order valence-corrected chi connectivity index (χ2v) is 7.15. The zero-order valence-electron chi connectivity index (χ0n) is 17.8. The second-order valence-electron chi connectivity index (χ2n) is 7.15. The lowest BCUT2D eigenvalue weighted by molar-refractivity contribution is -0.384. The summed E-state index contributed by atoms with van der Waals surface area (Å²) in [6, 6.07) is 18.6. The molecular weight excluding hydrogens is 426 g/mol. The number of aromatic nitrogens is 1. The van der Waals surface area contributed by atoms with Gasteiger partial charge < -0.3 is 19.2 Å². The number of hydrogen-bond donors (Lipinski definition) is 1. The molecule has 0 bridgehead atoms.